The number of allylic oxidation sites excluding steroid dienone is 1. The Kier molecular flexibility index (Phi) is 7.17. The highest BCUT2D eigenvalue weighted by molar-refractivity contribution is 6.00. The Labute approximate surface area is 217 Å². The number of para-hydroxylation sites is 1. The average molecular weight is 497 g/mol. The molecule has 190 valence electrons. The van der Waals surface area contributed by atoms with Crippen LogP contribution in [0.25, 0.3) is 27.7 Å². The molecule has 3 aromatic carbocycles. The molecule has 1 aromatic heterocycles. The van der Waals surface area contributed by atoms with Crippen molar-refractivity contribution in [2.75, 3.05) is 44.8 Å². The zero-order valence-electron chi connectivity index (χ0n) is 21.6. The van der Waals surface area contributed by atoms with Gasteiger partial charge in [-0.25, -0.2) is 0 Å². The number of fused-ring (bicyclic) bond motifs is 1. The van der Waals surface area contributed by atoms with Gasteiger partial charge in [-0.3, -0.25) is 4.79 Å². The highest BCUT2D eigenvalue weighted by atomic mass is 16.5. The first-order valence-electron chi connectivity index (χ1n) is 12.7. The van der Waals surface area contributed by atoms with E-state index in [2.05, 4.69) is 23.1 Å². The Morgan fingerprint density at radius 1 is 1.00 bits per heavy atom. The van der Waals surface area contributed by atoms with Crippen LogP contribution < -0.4 is 14.4 Å². The standard InChI is InChI=1S/C31H32N2O4/c1-4-36-29-20-30-27(28(21-37-30)23-10-12-25(35-3)13-11-23)19-26(29)22(2)18-31(34)33-16-14-32(15-17-33)24-8-6-5-7-9-24/h5-13,18-21H,4,14-17H2,1-3H3/b22-18+. The summed E-state index contributed by atoms with van der Waals surface area (Å²) < 4.78 is 17.1. The maximum Gasteiger partial charge on any atom is 0.246 e. The lowest BCUT2D eigenvalue weighted by molar-refractivity contribution is -0.126. The molecule has 0 N–H and O–H groups in total. The summed E-state index contributed by atoms with van der Waals surface area (Å²) in [6.45, 7) is 7.46. The zero-order valence-corrected chi connectivity index (χ0v) is 21.6. The minimum Gasteiger partial charge on any atom is -0.497 e. The normalized spacial score (nSPS) is 14.2. The van der Waals surface area contributed by atoms with Crippen molar-refractivity contribution in [3.05, 3.63) is 84.6 Å². The van der Waals surface area contributed by atoms with Crippen molar-refractivity contribution in [3.63, 3.8) is 0 Å². The van der Waals surface area contributed by atoms with E-state index in [0.717, 1.165) is 52.1 Å². The molecule has 4 aromatic rings. The number of nitrogens with zero attached hydrogens (tertiary/aromatic N) is 2. The van der Waals surface area contributed by atoms with Gasteiger partial charge in [-0.1, -0.05) is 30.3 Å². The quantitative estimate of drug-likeness (QED) is 0.283. The molecule has 0 spiro atoms. The van der Waals surface area contributed by atoms with Crippen LogP contribution in [0.2, 0.25) is 0 Å². The highest BCUT2D eigenvalue weighted by Crippen LogP contribution is 2.38. The number of ether oxygens (including phenoxy) is 2. The molecule has 0 radical (unpaired) electrons. The highest BCUT2D eigenvalue weighted by Gasteiger charge is 2.21. The van der Waals surface area contributed by atoms with Crippen molar-refractivity contribution in [2.45, 2.75) is 13.8 Å². The molecule has 0 atom stereocenters. The van der Waals surface area contributed by atoms with Gasteiger partial charge in [0.25, 0.3) is 0 Å². The first-order chi connectivity index (χ1) is 18.1. The monoisotopic (exact) mass is 496 g/mol. The number of carbonyl (C=O) groups excluding carboxylic acids is 1. The van der Waals surface area contributed by atoms with E-state index in [1.54, 1.807) is 19.4 Å². The minimum absolute atomic E-state index is 0.0235. The Morgan fingerprint density at radius 2 is 1.73 bits per heavy atom. The van der Waals surface area contributed by atoms with E-state index in [1.165, 1.54) is 5.69 Å². The van der Waals surface area contributed by atoms with E-state index in [1.807, 2.05) is 67.3 Å². The third-order valence-corrected chi connectivity index (χ3v) is 6.85. The van der Waals surface area contributed by atoms with Gasteiger partial charge in [0.05, 0.1) is 20.0 Å². The van der Waals surface area contributed by atoms with Crippen LogP contribution in [0, 0.1) is 0 Å². The summed E-state index contributed by atoms with van der Waals surface area (Å²) in [7, 11) is 1.66. The number of furan rings is 1. The molecular weight excluding hydrogens is 464 g/mol. The molecule has 0 aliphatic carbocycles. The van der Waals surface area contributed by atoms with Gasteiger partial charge in [0.15, 0.2) is 0 Å². The molecule has 5 rings (SSSR count). The van der Waals surface area contributed by atoms with Gasteiger partial charge in [-0.2, -0.15) is 0 Å². The third kappa shape index (κ3) is 5.19. The molecular formula is C31H32N2O4. The smallest absolute Gasteiger partial charge is 0.246 e. The predicted octanol–water partition coefficient (Wildman–Crippen LogP) is 6.26. The van der Waals surface area contributed by atoms with E-state index >= 15 is 0 Å². The van der Waals surface area contributed by atoms with Crippen LogP contribution in [0.15, 0.2) is 83.5 Å². The van der Waals surface area contributed by atoms with Crippen molar-refractivity contribution < 1.29 is 18.7 Å². The lowest BCUT2D eigenvalue weighted by Crippen LogP contribution is -2.48. The van der Waals surface area contributed by atoms with Gasteiger partial charge in [-0.15, -0.1) is 0 Å². The SMILES string of the molecule is CCOc1cc2occ(-c3ccc(OC)cc3)c2cc1/C(C)=C/C(=O)N1CCN(c2ccccc2)CC1. The zero-order chi connectivity index (χ0) is 25.8. The van der Waals surface area contributed by atoms with E-state index in [9.17, 15) is 4.79 Å². The number of benzene rings is 3. The number of methoxy groups -OCH3 is 1. The molecule has 1 aliphatic rings. The number of piperazine rings is 1. The van der Waals surface area contributed by atoms with Gasteiger partial charge in [-0.05, 0) is 55.3 Å². The number of hydrogen-bond donors (Lipinski definition) is 0. The molecule has 1 fully saturated rings. The largest absolute Gasteiger partial charge is 0.497 e. The lowest BCUT2D eigenvalue weighted by atomic mass is 9.99. The van der Waals surface area contributed by atoms with Crippen molar-refractivity contribution in [1.29, 1.82) is 0 Å². The maximum atomic E-state index is 13.2. The van der Waals surface area contributed by atoms with Crippen molar-refractivity contribution in [3.8, 4) is 22.6 Å². The maximum absolute atomic E-state index is 13.2. The Balaban J connectivity index is 1.40. The molecule has 37 heavy (non-hydrogen) atoms. The van der Waals surface area contributed by atoms with E-state index in [-0.39, 0.29) is 5.91 Å². The third-order valence-electron chi connectivity index (χ3n) is 6.85. The van der Waals surface area contributed by atoms with E-state index in [4.69, 9.17) is 13.9 Å². The second-order valence-electron chi connectivity index (χ2n) is 9.13. The first-order valence-corrected chi connectivity index (χ1v) is 12.7. The van der Waals surface area contributed by atoms with Crippen LogP contribution in [0.3, 0.4) is 0 Å². The van der Waals surface area contributed by atoms with E-state index < -0.39 is 0 Å². The summed E-state index contributed by atoms with van der Waals surface area (Å²) in [6.07, 6.45) is 3.50. The second kappa shape index (κ2) is 10.8. The van der Waals surface area contributed by atoms with Crippen LogP contribution >= 0.6 is 0 Å². The molecule has 2 heterocycles. The number of anilines is 1. The van der Waals surface area contributed by atoms with Crippen LogP contribution in [0.4, 0.5) is 5.69 Å². The first kappa shape index (κ1) is 24.5. The van der Waals surface area contributed by atoms with Crippen molar-refractivity contribution in [2.24, 2.45) is 0 Å². The molecule has 1 aliphatic heterocycles. The fraction of sp³-hybridized carbons (Fsp3) is 0.258. The summed E-state index contributed by atoms with van der Waals surface area (Å²) in [5, 5.41) is 0.972. The molecule has 6 nitrogen and oxygen atoms in total. The van der Waals surface area contributed by atoms with Crippen LogP contribution in [-0.4, -0.2) is 50.7 Å². The van der Waals surface area contributed by atoms with Crippen LogP contribution in [0.1, 0.15) is 19.4 Å². The lowest BCUT2D eigenvalue weighted by Gasteiger charge is -2.35. The Morgan fingerprint density at radius 3 is 2.41 bits per heavy atom. The van der Waals surface area contributed by atoms with Crippen molar-refractivity contribution >= 4 is 28.1 Å². The molecule has 1 saturated heterocycles. The molecule has 6 heteroatoms. The van der Waals surface area contributed by atoms with Gasteiger partial charge in [0, 0.05) is 60.5 Å². The summed E-state index contributed by atoms with van der Waals surface area (Å²) in [4.78, 5) is 17.5. The number of amides is 1. The second-order valence-corrected chi connectivity index (χ2v) is 9.13. The number of hydrogen-bond acceptors (Lipinski definition) is 5. The van der Waals surface area contributed by atoms with Gasteiger partial charge >= 0.3 is 0 Å². The topological polar surface area (TPSA) is 55.2 Å². The van der Waals surface area contributed by atoms with Crippen LogP contribution in [0.5, 0.6) is 11.5 Å². The fourth-order valence-corrected chi connectivity index (χ4v) is 4.81. The van der Waals surface area contributed by atoms with E-state index in [0.29, 0.717) is 25.4 Å². The predicted molar refractivity (Wildman–Crippen MR) is 148 cm³/mol. The van der Waals surface area contributed by atoms with Gasteiger partial charge in [0.1, 0.15) is 17.1 Å². The molecule has 1 amide bonds. The summed E-state index contributed by atoms with van der Waals surface area (Å²) in [6, 6.07) is 22.2. The number of carbonyl (C=O) groups is 1. The number of rotatable bonds is 7. The summed E-state index contributed by atoms with van der Waals surface area (Å²) in [5.41, 5.74) is 5.71. The van der Waals surface area contributed by atoms with Crippen molar-refractivity contribution in [1.82, 2.24) is 4.90 Å². The molecule has 0 bridgehead atoms. The molecule has 0 unspecified atom stereocenters. The van der Waals surface area contributed by atoms with Gasteiger partial charge in [0.2, 0.25) is 5.91 Å². The fourth-order valence-electron chi connectivity index (χ4n) is 4.81. The van der Waals surface area contributed by atoms with Crippen LogP contribution in [-0.2, 0) is 4.79 Å². The minimum atomic E-state index is 0.0235. The van der Waals surface area contributed by atoms with Gasteiger partial charge < -0.3 is 23.7 Å². The Hall–Kier alpha value is -4.19. The summed E-state index contributed by atoms with van der Waals surface area (Å²) in [5.74, 6) is 1.54. The summed E-state index contributed by atoms with van der Waals surface area (Å²) >= 11 is 0. The average Bonchev–Trinajstić information content (AvgIpc) is 3.36. The Bertz CT molecular complexity index is 1400. The molecule has 0 saturated carbocycles.